The first-order valence-corrected chi connectivity index (χ1v) is 6.02. The van der Waals surface area contributed by atoms with Crippen LogP contribution in [-0.2, 0) is 0 Å². The van der Waals surface area contributed by atoms with Crippen molar-refractivity contribution in [1.82, 2.24) is 4.90 Å². The Hall–Kier alpha value is -0.810. The van der Waals surface area contributed by atoms with Gasteiger partial charge in [0.2, 0.25) is 0 Å². The summed E-state index contributed by atoms with van der Waals surface area (Å²) in [4.78, 5) is 2.41. The number of amidine groups is 1. The summed E-state index contributed by atoms with van der Waals surface area (Å²) in [5, 5.41) is 20.4. The molecule has 1 saturated heterocycles. The molecule has 0 amide bonds. The van der Waals surface area contributed by atoms with Gasteiger partial charge in [0.1, 0.15) is 5.84 Å². The van der Waals surface area contributed by atoms with E-state index in [1.54, 1.807) is 0 Å². The largest absolute Gasteiger partial charge is 0.409 e. The maximum atomic E-state index is 8.84. The Balaban J connectivity index is 2.43. The van der Waals surface area contributed by atoms with Crippen LogP contribution in [0.15, 0.2) is 5.16 Å². The Morgan fingerprint density at radius 2 is 2.38 bits per heavy atom. The van der Waals surface area contributed by atoms with Crippen LogP contribution in [0.25, 0.3) is 0 Å². The molecule has 1 aliphatic heterocycles. The van der Waals surface area contributed by atoms with Crippen LogP contribution in [-0.4, -0.2) is 46.3 Å². The average molecular weight is 229 g/mol. The lowest BCUT2D eigenvalue weighted by Crippen LogP contribution is -2.39. The number of hydrogen-bond donors (Lipinski definition) is 3. The smallest absolute Gasteiger partial charge is 0.140 e. The molecule has 2 atom stereocenters. The van der Waals surface area contributed by atoms with Gasteiger partial charge in [-0.3, -0.25) is 4.90 Å². The molecule has 0 radical (unpaired) electrons. The van der Waals surface area contributed by atoms with Gasteiger partial charge >= 0.3 is 0 Å². The molecule has 2 unspecified atom stereocenters. The van der Waals surface area contributed by atoms with Crippen LogP contribution in [0.2, 0.25) is 0 Å². The molecule has 1 rings (SSSR count). The maximum Gasteiger partial charge on any atom is 0.140 e. The van der Waals surface area contributed by atoms with Gasteiger partial charge < -0.3 is 16.0 Å². The van der Waals surface area contributed by atoms with Crippen molar-refractivity contribution in [3.05, 3.63) is 0 Å². The lowest BCUT2D eigenvalue weighted by molar-refractivity contribution is 0.173. The van der Waals surface area contributed by atoms with E-state index in [0.29, 0.717) is 24.3 Å². The van der Waals surface area contributed by atoms with Crippen molar-refractivity contribution < 1.29 is 10.3 Å². The van der Waals surface area contributed by atoms with E-state index in [1.165, 1.54) is 12.8 Å². The van der Waals surface area contributed by atoms with Crippen molar-refractivity contribution in [2.45, 2.75) is 51.1 Å². The quantitative estimate of drug-likeness (QED) is 0.272. The van der Waals surface area contributed by atoms with Crippen molar-refractivity contribution in [3.8, 4) is 0 Å². The first-order valence-electron chi connectivity index (χ1n) is 6.02. The number of nitrogens with zero attached hydrogens (tertiary/aromatic N) is 2. The molecular weight excluding hydrogens is 206 g/mol. The van der Waals surface area contributed by atoms with Crippen LogP contribution >= 0.6 is 0 Å². The van der Waals surface area contributed by atoms with Gasteiger partial charge in [-0.15, -0.1) is 0 Å². The molecule has 5 heteroatoms. The van der Waals surface area contributed by atoms with Crippen LogP contribution in [0.1, 0.15) is 39.0 Å². The Morgan fingerprint density at radius 3 is 3.00 bits per heavy atom. The summed E-state index contributed by atoms with van der Waals surface area (Å²) in [5.74, 6) is 0.292. The summed E-state index contributed by atoms with van der Waals surface area (Å²) in [5.41, 5.74) is 5.52. The van der Waals surface area contributed by atoms with Gasteiger partial charge in [0, 0.05) is 25.1 Å². The van der Waals surface area contributed by atoms with E-state index in [4.69, 9.17) is 16.0 Å². The van der Waals surface area contributed by atoms with Gasteiger partial charge in [0.25, 0.3) is 0 Å². The second-order valence-electron chi connectivity index (χ2n) is 4.54. The number of nitrogens with two attached hydrogens (primary N) is 1. The fraction of sp³-hybridized carbons (Fsp3) is 0.909. The lowest BCUT2D eigenvalue weighted by atomic mass is 10.1. The molecule has 0 aromatic carbocycles. The van der Waals surface area contributed by atoms with Gasteiger partial charge in [-0.25, -0.2) is 0 Å². The molecule has 0 bridgehead atoms. The molecule has 5 nitrogen and oxygen atoms in total. The third-order valence-electron chi connectivity index (χ3n) is 3.32. The van der Waals surface area contributed by atoms with Crippen LogP contribution in [0.5, 0.6) is 0 Å². The average Bonchev–Trinajstić information content (AvgIpc) is 2.74. The number of rotatable bonds is 6. The first kappa shape index (κ1) is 13.3. The van der Waals surface area contributed by atoms with Gasteiger partial charge in [0.05, 0.1) is 0 Å². The topological polar surface area (TPSA) is 82.1 Å². The van der Waals surface area contributed by atoms with Crippen molar-refractivity contribution >= 4 is 5.84 Å². The van der Waals surface area contributed by atoms with E-state index in [0.717, 1.165) is 19.4 Å². The maximum absolute atomic E-state index is 8.84. The number of likely N-dealkylation sites (tertiary alicyclic amines) is 1. The van der Waals surface area contributed by atoms with Gasteiger partial charge in [-0.1, -0.05) is 5.16 Å². The number of aliphatic hydroxyl groups excluding tert-OH is 1. The number of aliphatic hydroxyl groups is 1. The van der Waals surface area contributed by atoms with E-state index in [2.05, 4.69) is 17.0 Å². The Labute approximate surface area is 96.9 Å². The van der Waals surface area contributed by atoms with Gasteiger partial charge in [-0.2, -0.15) is 0 Å². The Bertz CT molecular complexity index is 233. The van der Waals surface area contributed by atoms with E-state index < -0.39 is 0 Å². The summed E-state index contributed by atoms with van der Waals surface area (Å²) in [6, 6.07) is 0.857. The number of oxime groups is 1. The van der Waals surface area contributed by atoms with Crippen molar-refractivity contribution in [2.24, 2.45) is 10.9 Å². The van der Waals surface area contributed by atoms with Gasteiger partial charge in [-0.05, 0) is 39.2 Å². The second kappa shape index (κ2) is 6.70. The SMILES string of the molecule is CC(CC(N)=NO)N1CCCC1CCCO. The minimum atomic E-state index is 0.263. The zero-order chi connectivity index (χ0) is 12.0. The Morgan fingerprint density at radius 1 is 1.62 bits per heavy atom. The fourth-order valence-electron chi connectivity index (χ4n) is 2.54. The van der Waals surface area contributed by atoms with Crippen molar-refractivity contribution in [1.29, 1.82) is 0 Å². The number of hydrogen-bond acceptors (Lipinski definition) is 4. The van der Waals surface area contributed by atoms with Crippen LogP contribution in [0.4, 0.5) is 0 Å². The van der Waals surface area contributed by atoms with E-state index >= 15 is 0 Å². The predicted octanol–water partition coefficient (Wildman–Crippen LogP) is 0.748. The Kier molecular flexibility index (Phi) is 5.55. The summed E-state index contributed by atoms with van der Waals surface area (Å²) in [6.07, 6.45) is 4.90. The highest BCUT2D eigenvalue weighted by atomic mass is 16.4. The fourth-order valence-corrected chi connectivity index (χ4v) is 2.54. The predicted molar refractivity (Wildman–Crippen MR) is 63.5 cm³/mol. The molecule has 0 aromatic heterocycles. The summed E-state index contributed by atoms with van der Waals surface area (Å²) in [7, 11) is 0. The molecule has 1 aliphatic rings. The molecule has 16 heavy (non-hydrogen) atoms. The minimum absolute atomic E-state index is 0.263. The molecule has 1 fully saturated rings. The molecule has 0 spiro atoms. The van der Waals surface area contributed by atoms with E-state index in [9.17, 15) is 0 Å². The summed E-state index contributed by atoms with van der Waals surface area (Å²) in [6.45, 7) is 3.45. The highest BCUT2D eigenvalue weighted by Gasteiger charge is 2.28. The molecule has 0 saturated carbocycles. The van der Waals surface area contributed by atoms with Crippen molar-refractivity contribution in [3.63, 3.8) is 0 Å². The molecule has 94 valence electrons. The second-order valence-corrected chi connectivity index (χ2v) is 4.54. The van der Waals surface area contributed by atoms with Crippen molar-refractivity contribution in [2.75, 3.05) is 13.2 Å². The van der Waals surface area contributed by atoms with Crippen LogP contribution < -0.4 is 5.73 Å². The molecule has 1 heterocycles. The normalized spacial score (nSPS) is 24.9. The zero-order valence-electron chi connectivity index (χ0n) is 9.97. The first-order chi connectivity index (χ1) is 7.69. The molecule has 4 N–H and O–H groups in total. The van der Waals surface area contributed by atoms with Crippen LogP contribution in [0.3, 0.4) is 0 Å². The van der Waals surface area contributed by atoms with Crippen LogP contribution in [0, 0.1) is 0 Å². The van der Waals surface area contributed by atoms with Gasteiger partial charge in [0.15, 0.2) is 0 Å². The molecule has 0 aromatic rings. The highest BCUT2D eigenvalue weighted by Crippen LogP contribution is 2.24. The monoisotopic (exact) mass is 229 g/mol. The standard InChI is InChI=1S/C11H23N3O2/c1-9(8-11(12)13-16)14-6-2-4-10(14)5-3-7-15/h9-10,15-16H,2-8H2,1H3,(H2,12,13). The zero-order valence-corrected chi connectivity index (χ0v) is 9.97. The third kappa shape index (κ3) is 3.64. The lowest BCUT2D eigenvalue weighted by Gasteiger charge is -2.30. The minimum Gasteiger partial charge on any atom is -0.409 e. The van der Waals surface area contributed by atoms with E-state index in [1.807, 2.05) is 0 Å². The summed E-state index contributed by atoms with van der Waals surface area (Å²) < 4.78 is 0. The highest BCUT2D eigenvalue weighted by molar-refractivity contribution is 5.80. The third-order valence-corrected chi connectivity index (χ3v) is 3.32. The summed E-state index contributed by atoms with van der Waals surface area (Å²) >= 11 is 0. The molecule has 0 aliphatic carbocycles. The van der Waals surface area contributed by atoms with E-state index in [-0.39, 0.29) is 6.61 Å². The molecular formula is C11H23N3O2.